The van der Waals surface area contributed by atoms with Crippen LogP contribution in [0.4, 0.5) is 0 Å². The van der Waals surface area contributed by atoms with Crippen LogP contribution in [0.3, 0.4) is 0 Å². The van der Waals surface area contributed by atoms with Crippen LogP contribution in [0, 0.1) is 0 Å². The minimum absolute atomic E-state index is 0.0756. The van der Waals surface area contributed by atoms with Gasteiger partial charge in [0.1, 0.15) is 0 Å². The Bertz CT molecular complexity index is 541. The van der Waals surface area contributed by atoms with Crippen molar-refractivity contribution in [3.05, 3.63) is 35.4 Å². The summed E-state index contributed by atoms with van der Waals surface area (Å²) in [7, 11) is -0.370. The van der Waals surface area contributed by atoms with Crippen molar-refractivity contribution in [3.63, 3.8) is 0 Å². The van der Waals surface area contributed by atoms with Gasteiger partial charge in [0.05, 0.1) is 5.75 Å². The van der Waals surface area contributed by atoms with Crippen molar-refractivity contribution < 1.29 is 13.2 Å². The van der Waals surface area contributed by atoms with Gasteiger partial charge in [-0.2, -0.15) is 0 Å². The second kappa shape index (κ2) is 6.65. The van der Waals surface area contributed by atoms with E-state index in [0.717, 1.165) is 9.87 Å². The largest absolute Gasteiger partial charge is 0.351 e. The van der Waals surface area contributed by atoms with Crippen LogP contribution in [-0.4, -0.2) is 45.0 Å². The van der Waals surface area contributed by atoms with Crippen LogP contribution >= 0.6 is 0 Å². The molecule has 106 valence electrons. The number of rotatable bonds is 6. The van der Waals surface area contributed by atoms with Gasteiger partial charge in [0.25, 0.3) is 5.91 Å². The average Bonchev–Trinajstić information content (AvgIpc) is 2.38. The first-order valence-corrected chi connectivity index (χ1v) is 7.45. The number of hydrogen-bond acceptors (Lipinski definition) is 4. The van der Waals surface area contributed by atoms with Crippen molar-refractivity contribution in [2.24, 2.45) is 5.73 Å². The minimum Gasteiger partial charge on any atom is -0.351 e. The molecule has 0 spiro atoms. The predicted octanol–water partition coefficient (Wildman–Crippen LogP) is -0.233. The number of nitrogens with one attached hydrogen (secondary N) is 1. The SMILES string of the molecule is CN(C)S(=O)(=O)CCNC(=O)c1cccc(CN)c1. The monoisotopic (exact) mass is 285 g/mol. The number of hydrogen-bond donors (Lipinski definition) is 2. The zero-order valence-corrected chi connectivity index (χ0v) is 11.9. The van der Waals surface area contributed by atoms with Gasteiger partial charge in [-0.05, 0) is 17.7 Å². The molecule has 6 nitrogen and oxygen atoms in total. The Morgan fingerprint density at radius 1 is 1.37 bits per heavy atom. The Morgan fingerprint density at radius 3 is 2.63 bits per heavy atom. The molecule has 19 heavy (non-hydrogen) atoms. The molecule has 7 heteroatoms. The van der Waals surface area contributed by atoms with Gasteiger partial charge in [0.15, 0.2) is 0 Å². The molecule has 0 heterocycles. The molecule has 0 saturated carbocycles. The van der Waals surface area contributed by atoms with Crippen molar-refractivity contribution >= 4 is 15.9 Å². The summed E-state index contributed by atoms with van der Waals surface area (Å²) in [6, 6.07) is 6.92. The van der Waals surface area contributed by atoms with Gasteiger partial charge in [-0.1, -0.05) is 12.1 Å². The van der Waals surface area contributed by atoms with Crippen LogP contribution < -0.4 is 11.1 Å². The number of sulfonamides is 1. The van der Waals surface area contributed by atoms with Crippen molar-refractivity contribution in [3.8, 4) is 0 Å². The zero-order chi connectivity index (χ0) is 14.5. The Hall–Kier alpha value is -1.44. The summed E-state index contributed by atoms with van der Waals surface area (Å²) in [6.07, 6.45) is 0. The minimum atomic E-state index is -3.29. The summed E-state index contributed by atoms with van der Waals surface area (Å²) in [5.41, 5.74) is 6.83. The van der Waals surface area contributed by atoms with Crippen LogP contribution in [0.2, 0.25) is 0 Å². The highest BCUT2D eigenvalue weighted by molar-refractivity contribution is 7.89. The van der Waals surface area contributed by atoms with Crippen molar-refractivity contribution in [1.82, 2.24) is 9.62 Å². The maximum absolute atomic E-state index is 11.8. The van der Waals surface area contributed by atoms with Crippen LogP contribution in [-0.2, 0) is 16.6 Å². The maximum Gasteiger partial charge on any atom is 0.251 e. The predicted molar refractivity (Wildman–Crippen MR) is 74.1 cm³/mol. The highest BCUT2D eigenvalue weighted by Crippen LogP contribution is 2.04. The first-order chi connectivity index (χ1) is 8.86. The van der Waals surface area contributed by atoms with E-state index >= 15 is 0 Å². The third kappa shape index (κ3) is 4.62. The fourth-order valence-corrected chi connectivity index (χ4v) is 2.14. The lowest BCUT2D eigenvalue weighted by Crippen LogP contribution is -2.33. The molecular weight excluding hydrogens is 266 g/mol. The van der Waals surface area contributed by atoms with Gasteiger partial charge in [-0.3, -0.25) is 4.79 Å². The van der Waals surface area contributed by atoms with Crippen molar-refractivity contribution in [2.75, 3.05) is 26.4 Å². The van der Waals surface area contributed by atoms with E-state index in [2.05, 4.69) is 5.32 Å². The standard InChI is InChI=1S/C12H19N3O3S/c1-15(2)19(17,18)7-6-14-12(16)11-5-3-4-10(8-11)9-13/h3-5,8H,6-7,9,13H2,1-2H3,(H,14,16). The molecule has 0 atom stereocenters. The Labute approximate surface area is 113 Å². The van der Waals surface area contributed by atoms with Gasteiger partial charge in [0.2, 0.25) is 10.0 Å². The number of benzene rings is 1. The summed E-state index contributed by atoms with van der Waals surface area (Å²) in [6.45, 7) is 0.433. The number of nitrogens with zero attached hydrogens (tertiary/aromatic N) is 1. The molecule has 0 aromatic heterocycles. The Balaban J connectivity index is 2.56. The zero-order valence-electron chi connectivity index (χ0n) is 11.1. The van der Waals surface area contributed by atoms with E-state index in [1.54, 1.807) is 18.2 Å². The molecule has 1 aromatic rings. The molecule has 0 fully saturated rings. The van der Waals surface area contributed by atoms with Gasteiger partial charge in [-0.15, -0.1) is 0 Å². The molecule has 1 aromatic carbocycles. The lowest BCUT2D eigenvalue weighted by molar-refractivity contribution is 0.0956. The summed E-state index contributed by atoms with van der Waals surface area (Å²) in [4.78, 5) is 11.8. The second-order valence-corrected chi connectivity index (χ2v) is 6.56. The molecule has 0 aliphatic heterocycles. The van der Waals surface area contributed by atoms with E-state index in [0.29, 0.717) is 12.1 Å². The second-order valence-electron chi connectivity index (χ2n) is 4.26. The number of nitrogens with two attached hydrogens (primary N) is 1. The van der Waals surface area contributed by atoms with Gasteiger partial charge < -0.3 is 11.1 Å². The van der Waals surface area contributed by atoms with E-state index in [9.17, 15) is 13.2 Å². The van der Waals surface area contributed by atoms with Crippen LogP contribution in [0.1, 0.15) is 15.9 Å². The van der Waals surface area contributed by atoms with Crippen LogP contribution in [0.15, 0.2) is 24.3 Å². The number of carbonyl (C=O) groups excluding carboxylic acids is 1. The number of amides is 1. The third-order valence-electron chi connectivity index (χ3n) is 2.63. The molecule has 0 bridgehead atoms. The Kier molecular flexibility index (Phi) is 5.46. The van der Waals surface area contributed by atoms with Crippen molar-refractivity contribution in [2.45, 2.75) is 6.54 Å². The average molecular weight is 285 g/mol. The highest BCUT2D eigenvalue weighted by Gasteiger charge is 2.14. The van der Waals surface area contributed by atoms with Crippen LogP contribution in [0.25, 0.3) is 0 Å². The van der Waals surface area contributed by atoms with E-state index in [1.807, 2.05) is 6.07 Å². The molecule has 0 aliphatic carbocycles. The van der Waals surface area contributed by atoms with Gasteiger partial charge in [-0.25, -0.2) is 12.7 Å². The van der Waals surface area contributed by atoms with E-state index in [4.69, 9.17) is 5.73 Å². The van der Waals surface area contributed by atoms with E-state index < -0.39 is 10.0 Å². The van der Waals surface area contributed by atoms with E-state index in [-0.39, 0.29) is 18.2 Å². The fourth-order valence-electron chi connectivity index (χ4n) is 1.42. The molecule has 3 N–H and O–H groups in total. The molecule has 0 saturated heterocycles. The summed E-state index contributed by atoms with van der Waals surface area (Å²) in [5.74, 6) is -0.424. The van der Waals surface area contributed by atoms with E-state index in [1.165, 1.54) is 14.1 Å². The molecule has 1 amide bonds. The number of carbonyl (C=O) groups is 1. The summed E-state index contributed by atoms with van der Waals surface area (Å²) in [5, 5.41) is 2.58. The smallest absolute Gasteiger partial charge is 0.251 e. The lowest BCUT2D eigenvalue weighted by atomic mass is 10.1. The molecule has 1 rings (SSSR count). The topological polar surface area (TPSA) is 92.5 Å². The first-order valence-electron chi connectivity index (χ1n) is 5.84. The normalized spacial score (nSPS) is 11.6. The molecule has 0 unspecified atom stereocenters. The molecular formula is C12H19N3O3S. The van der Waals surface area contributed by atoms with Gasteiger partial charge >= 0.3 is 0 Å². The van der Waals surface area contributed by atoms with Gasteiger partial charge in [0, 0.05) is 32.7 Å². The summed E-state index contributed by atoms with van der Waals surface area (Å²) < 4.78 is 24.1. The maximum atomic E-state index is 11.8. The third-order valence-corrected chi connectivity index (χ3v) is 4.46. The first kappa shape index (κ1) is 15.6. The molecule has 0 aliphatic rings. The van der Waals surface area contributed by atoms with Crippen LogP contribution in [0.5, 0.6) is 0 Å². The fraction of sp³-hybridized carbons (Fsp3) is 0.417. The Morgan fingerprint density at radius 2 is 2.05 bits per heavy atom. The quantitative estimate of drug-likeness (QED) is 0.755. The molecule has 0 radical (unpaired) electrons. The lowest BCUT2D eigenvalue weighted by Gasteiger charge is -2.11. The van der Waals surface area contributed by atoms with Crippen molar-refractivity contribution in [1.29, 1.82) is 0 Å². The highest BCUT2D eigenvalue weighted by atomic mass is 32.2. The summed E-state index contributed by atoms with van der Waals surface area (Å²) >= 11 is 0.